The average molecular weight is 311 g/mol. The molecule has 2 nitrogen and oxygen atoms in total. The number of halogens is 1. The molecule has 0 spiro atoms. The van der Waals surface area contributed by atoms with Gasteiger partial charge < -0.3 is 5.73 Å². The summed E-state index contributed by atoms with van der Waals surface area (Å²) in [6, 6.07) is 7.33. The topological polar surface area (TPSA) is 29.3 Å². The normalized spacial score (nSPS) is 25.3. The fourth-order valence-corrected chi connectivity index (χ4v) is 2.96. The predicted molar refractivity (Wildman–Crippen MR) is 80.5 cm³/mol. The van der Waals surface area contributed by atoms with Crippen molar-refractivity contribution in [3.8, 4) is 0 Å². The van der Waals surface area contributed by atoms with Crippen LogP contribution in [-0.2, 0) is 6.54 Å². The van der Waals surface area contributed by atoms with Gasteiger partial charge in [0, 0.05) is 23.6 Å². The number of nitrogens with two attached hydrogens (primary N) is 1. The Balaban J connectivity index is 2.04. The summed E-state index contributed by atoms with van der Waals surface area (Å²) in [7, 11) is 0. The minimum absolute atomic E-state index is 0.678. The van der Waals surface area contributed by atoms with Gasteiger partial charge in [-0.25, -0.2) is 0 Å². The molecule has 2 atom stereocenters. The molecule has 2 unspecified atom stereocenters. The van der Waals surface area contributed by atoms with E-state index in [9.17, 15) is 0 Å². The Morgan fingerprint density at radius 2 is 2.17 bits per heavy atom. The lowest BCUT2D eigenvalue weighted by atomic mass is 9.93. The van der Waals surface area contributed by atoms with Crippen molar-refractivity contribution in [1.29, 1.82) is 0 Å². The largest absolute Gasteiger partial charge is 0.330 e. The van der Waals surface area contributed by atoms with E-state index in [4.69, 9.17) is 5.73 Å². The third-order valence-corrected chi connectivity index (χ3v) is 4.94. The van der Waals surface area contributed by atoms with Crippen LogP contribution in [-0.4, -0.2) is 24.0 Å². The minimum Gasteiger partial charge on any atom is -0.330 e. The molecule has 1 fully saturated rings. The molecule has 1 saturated heterocycles. The van der Waals surface area contributed by atoms with E-state index >= 15 is 0 Å². The fraction of sp³-hybridized carbons (Fsp3) is 0.600. The second-order valence-electron chi connectivity index (χ2n) is 5.54. The fourth-order valence-electron chi connectivity index (χ4n) is 2.71. The second-order valence-corrected chi connectivity index (χ2v) is 6.40. The summed E-state index contributed by atoms with van der Waals surface area (Å²) in [5.74, 6) is 0.678. The van der Waals surface area contributed by atoms with Gasteiger partial charge in [0.05, 0.1) is 0 Å². The smallest absolute Gasteiger partial charge is 0.0236 e. The van der Waals surface area contributed by atoms with Crippen molar-refractivity contribution in [2.45, 2.75) is 39.3 Å². The Labute approximate surface area is 119 Å². The van der Waals surface area contributed by atoms with E-state index in [1.807, 2.05) is 0 Å². The maximum atomic E-state index is 5.82. The quantitative estimate of drug-likeness (QED) is 0.928. The molecule has 1 aromatic carbocycles. The van der Waals surface area contributed by atoms with Crippen molar-refractivity contribution < 1.29 is 0 Å². The van der Waals surface area contributed by atoms with Gasteiger partial charge in [-0.15, -0.1) is 0 Å². The van der Waals surface area contributed by atoms with Crippen LogP contribution in [0.5, 0.6) is 0 Å². The number of benzene rings is 1. The average Bonchev–Trinajstić information content (AvgIpc) is 2.36. The molecule has 1 heterocycles. The maximum absolute atomic E-state index is 5.82. The highest BCUT2D eigenvalue weighted by molar-refractivity contribution is 9.10. The van der Waals surface area contributed by atoms with Gasteiger partial charge in [0.15, 0.2) is 0 Å². The molecule has 1 aromatic rings. The Hall–Kier alpha value is -0.380. The molecule has 0 saturated carbocycles. The van der Waals surface area contributed by atoms with Gasteiger partial charge in [0.2, 0.25) is 0 Å². The zero-order chi connectivity index (χ0) is 13.1. The third kappa shape index (κ3) is 3.34. The summed E-state index contributed by atoms with van der Waals surface area (Å²) in [6.45, 7) is 7.50. The Morgan fingerprint density at radius 3 is 2.83 bits per heavy atom. The van der Waals surface area contributed by atoms with Gasteiger partial charge in [0.25, 0.3) is 0 Å². The molecule has 18 heavy (non-hydrogen) atoms. The monoisotopic (exact) mass is 310 g/mol. The number of aryl methyl sites for hydroxylation is 1. The first-order valence-electron chi connectivity index (χ1n) is 6.79. The molecule has 0 radical (unpaired) electrons. The number of hydrogen-bond donors (Lipinski definition) is 1. The van der Waals surface area contributed by atoms with E-state index in [0.29, 0.717) is 12.0 Å². The van der Waals surface area contributed by atoms with E-state index in [2.05, 4.69) is 52.9 Å². The van der Waals surface area contributed by atoms with Crippen LogP contribution in [0.25, 0.3) is 0 Å². The Kier molecular flexibility index (Phi) is 4.82. The van der Waals surface area contributed by atoms with E-state index in [0.717, 1.165) is 19.6 Å². The summed E-state index contributed by atoms with van der Waals surface area (Å²) >= 11 is 3.56. The number of piperidine rings is 1. The van der Waals surface area contributed by atoms with E-state index < -0.39 is 0 Å². The summed E-state index contributed by atoms with van der Waals surface area (Å²) in [6.07, 6.45) is 2.56. The predicted octanol–water partition coefficient (Wildman–Crippen LogP) is 3.32. The first-order chi connectivity index (χ1) is 8.60. The standard InChI is InChI=1S/C15H23BrN2/c1-11-7-13(5-6-15(11)16)9-18-10-14(8-17)4-3-12(18)2/h5-7,12,14H,3-4,8-10,17H2,1-2H3. The van der Waals surface area contributed by atoms with Crippen molar-refractivity contribution in [2.75, 3.05) is 13.1 Å². The van der Waals surface area contributed by atoms with Gasteiger partial charge in [-0.1, -0.05) is 28.1 Å². The molecular formula is C15H23BrN2. The zero-order valence-corrected chi connectivity index (χ0v) is 12.9. The van der Waals surface area contributed by atoms with Gasteiger partial charge in [-0.3, -0.25) is 4.90 Å². The number of rotatable bonds is 3. The van der Waals surface area contributed by atoms with Crippen LogP contribution in [0.1, 0.15) is 30.9 Å². The van der Waals surface area contributed by atoms with Crippen molar-refractivity contribution in [3.63, 3.8) is 0 Å². The zero-order valence-electron chi connectivity index (χ0n) is 11.3. The lowest BCUT2D eigenvalue weighted by Gasteiger charge is -2.37. The Bertz CT molecular complexity index is 405. The van der Waals surface area contributed by atoms with Crippen LogP contribution in [0.4, 0.5) is 0 Å². The van der Waals surface area contributed by atoms with Gasteiger partial charge in [0.1, 0.15) is 0 Å². The number of hydrogen-bond acceptors (Lipinski definition) is 2. The third-order valence-electron chi connectivity index (χ3n) is 4.05. The highest BCUT2D eigenvalue weighted by atomic mass is 79.9. The van der Waals surface area contributed by atoms with Gasteiger partial charge >= 0.3 is 0 Å². The van der Waals surface area contributed by atoms with Crippen molar-refractivity contribution in [1.82, 2.24) is 4.90 Å². The van der Waals surface area contributed by atoms with E-state index in [1.54, 1.807) is 0 Å². The first-order valence-corrected chi connectivity index (χ1v) is 7.58. The van der Waals surface area contributed by atoms with Crippen molar-refractivity contribution in [2.24, 2.45) is 11.7 Å². The summed E-state index contributed by atoms with van der Waals surface area (Å²) < 4.78 is 1.19. The van der Waals surface area contributed by atoms with Crippen molar-refractivity contribution in [3.05, 3.63) is 33.8 Å². The molecular weight excluding hydrogens is 288 g/mol. The molecule has 100 valence electrons. The molecule has 0 aliphatic carbocycles. The molecule has 1 aliphatic rings. The second kappa shape index (κ2) is 6.18. The summed E-state index contributed by atoms with van der Waals surface area (Å²) in [4.78, 5) is 2.57. The van der Waals surface area contributed by atoms with Crippen LogP contribution in [0.2, 0.25) is 0 Å². The van der Waals surface area contributed by atoms with Gasteiger partial charge in [-0.05, 0) is 56.3 Å². The molecule has 2 rings (SSSR count). The summed E-state index contributed by atoms with van der Waals surface area (Å²) in [5, 5.41) is 0. The lowest BCUT2D eigenvalue weighted by Crippen LogP contribution is -2.43. The van der Waals surface area contributed by atoms with Crippen LogP contribution >= 0.6 is 15.9 Å². The van der Waals surface area contributed by atoms with E-state index in [-0.39, 0.29) is 0 Å². The SMILES string of the molecule is Cc1cc(CN2CC(CN)CCC2C)ccc1Br. The van der Waals surface area contributed by atoms with Crippen LogP contribution < -0.4 is 5.73 Å². The molecule has 2 N–H and O–H groups in total. The molecule has 0 aromatic heterocycles. The van der Waals surface area contributed by atoms with E-state index in [1.165, 1.54) is 28.4 Å². The number of nitrogens with zero attached hydrogens (tertiary/aromatic N) is 1. The maximum Gasteiger partial charge on any atom is 0.0236 e. The first kappa shape index (κ1) is 14.0. The molecule has 0 amide bonds. The highest BCUT2D eigenvalue weighted by Gasteiger charge is 2.24. The van der Waals surface area contributed by atoms with Crippen LogP contribution in [0.3, 0.4) is 0 Å². The Morgan fingerprint density at radius 1 is 1.39 bits per heavy atom. The molecule has 0 bridgehead atoms. The van der Waals surface area contributed by atoms with Crippen LogP contribution in [0.15, 0.2) is 22.7 Å². The van der Waals surface area contributed by atoms with Crippen LogP contribution in [0, 0.1) is 12.8 Å². The minimum atomic E-state index is 0.678. The number of likely N-dealkylation sites (tertiary alicyclic amines) is 1. The van der Waals surface area contributed by atoms with Crippen molar-refractivity contribution >= 4 is 15.9 Å². The molecule has 3 heteroatoms. The summed E-state index contributed by atoms with van der Waals surface area (Å²) in [5.41, 5.74) is 8.53. The molecule has 1 aliphatic heterocycles. The lowest BCUT2D eigenvalue weighted by molar-refractivity contribution is 0.113. The highest BCUT2D eigenvalue weighted by Crippen LogP contribution is 2.24. The van der Waals surface area contributed by atoms with Gasteiger partial charge in [-0.2, -0.15) is 0 Å².